The molecule has 2 amide bonds. The SMILES string of the molecule is CC(=O)Nc1ccc(NC(=O)c2ccc(=O)n(CCOc3ccccc3)n2)c(Cl)c1. The van der Waals surface area contributed by atoms with Gasteiger partial charge >= 0.3 is 0 Å². The Morgan fingerprint density at radius 1 is 1.07 bits per heavy atom. The Balaban J connectivity index is 1.67. The highest BCUT2D eigenvalue weighted by molar-refractivity contribution is 6.34. The van der Waals surface area contributed by atoms with Crippen LogP contribution in [0.15, 0.2) is 65.5 Å². The number of nitrogens with one attached hydrogen (secondary N) is 2. The summed E-state index contributed by atoms with van der Waals surface area (Å²) in [5.41, 5.74) is 0.565. The number of aromatic nitrogens is 2. The minimum atomic E-state index is -0.526. The first-order valence-corrected chi connectivity index (χ1v) is 9.44. The van der Waals surface area contributed by atoms with Crippen LogP contribution in [0.2, 0.25) is 5.02 Å². The number of ether oxygens (including phenoxy) is 1. The molecule has 8 nitrogen and oxygen atoms in total. The predicted octanol–water partition coefficient (Wildman–Crippen LogP) is 3.19. The molecule has 0 aliphatic heterocycles. The first-order valence-electron chi connectivity index (χ1n) is 9.07. The average molecular weight is 427 g/mol. The van der Waals surface area contributed by atoms with Crippen molar-refractivity contribution in [1.82, 2.24) is 9.78 Å². The number of amides is 2. The second kappa shape index (κ2) is 9.71. The van der Waals surface area contributed by atoms with Gasteiger partial charge in [-0.05, 0) is 36.4 Å². The molecule has 3 rings (SSSR count). The maximum absolute atomic E-state index is 12.5. The first-order chi connectivity index (χ1) is 14.4. The van der Waals surface area contributed by atoms with Crippen molar-refractivity contribution >= 4 is 34.8 Å². The molecule has 0 saturated heterocycles. The number of nitrogens with zero attached hydrogens (tertiary/aromatic N) is 2. The third kappa shape index (κ3) is 5.68. The molecule has 1 aromatic heterocycles. The Morgan fingerprint density at radius 3 is 2.53 bits per heavy atom. The van der Waals surface area contributed by atoms with Crippen LogP contribution in [0.5, 0.6) is 5.75 Å². The molecule has 0 unspecified atom stereocenters. The number of anilines is 2. The molecule has 30 heavy (non-hydrogen) atoms. The number of halogens is 1. The molecular formula is C21H19ClN4O4. The summed E-state index contributed by atoms with van der Waals surface area (Å²) in [5, 5.41) is 9.59. The van der Waals surface area contributed by atoms with Crippen molar-refractivity contribution in [3.05, 3.63) is 81.7 Å². The van der Waals surface area contributed by atoms with Crippen molar-refractivity contribution in [2.24, 2.45) is 0 Å². The summed E-state index contributed by atoms with van der Waals surface area (Å²) in [6.45, 7) is 1.79. The van der Waals surface area contributed by atoms with Crippen molar-refractivity contribution < 1.29 is 14.3 Å². The molecule has 2 N–H and O–H groups in total. The molecule has 0 bridgehead atoms. The van der Waals surface area contributed by atoms with Gasteiger partial charge in [-0.1, -0.05) is 29.8 Å². The minimum absolute atomic E-state index is 0.0521. The van der Waals surface area contributed by atoms with Gasteiger partial charge in [0.25, 0.3) is 11.5 Å². The maximum atomic E-state index is 12.5. The molecule has 0 fully saturated rings. The topological polar surface area (TPSA) is 102 Å². The molecule has 0 aliphatic carbocycles. The van der Waals surface area contributed by atoms with E-state index in [-0.39, 0.29) is 35.3 Å². The molecule has 0 radical (unpaired) electrons. The lowest BCUT2D eigenvalue weighted by Crippen LogP contribution is -2.28. The lowest BCUT2D eigenvalue weighted by molar-refractivity contribution is -0.114. The highest BCUT2D eigenvalue weighted by atomic mass is 35.5. The second-order valence-electron chi connectivity index (χ2n) is 6.27. The molecule has 3 aromatic rings. The Hall–Kier alpha value is -3.65. The van der Waals surface area contributed by atoms with E-state index in [4.69, 9.17) is 16.3 Å². The summed E-state index contributed by atoms with van der Waals surface area (Å²) in [6, 6.07) is 16.5. The van der Waals surface area contributed by atoms with E-state index in [1.165, 1.54) is 29.8 Å². The second-order valence-corrected chi connectivity index (χ2v) is 6.68. The summed E-state index contributed by atoms with van der Waals surface area (Å²) >= 11 is 6.17. The van der Waals surface area contributed by atoms with Gasteiger partial charge in [-0.2, -0.15) is 5.10 Å². The molecule has 0 spiro atoms. The van der Waals surface area contributed by atoms with E-state index in [1.54, 1.807) is 24.3 Å². The number of hydrogen-bond donors (Lipinski definition) is 2. The molecule has 0 saturated carbocycles. The van der Waals surface area contributed by atoms with Crippen molar-refractivity contribution in [2.75, 3.05) is 17.2 Å². The van der Waals surface area contributed by atoms with Gasteiger partial charge in [0.05, 0.1) is 17.3 Å². The van der Waals surface area contributed by atoms with Crippen LogP contribution in [0.25, 0.3) is 0 Å². The van der Waals surface area contributed by atoms with Gasteiger partial charge in [0.2, 0.25) is 5.91 Å². The highest BCUT2D eigenvalue weighted by Gasteiger charge is 2.12. The zero-order chi connectivity index (χ0) is 21.5. The minimum Gasteiger partial charge on any atom is -0.492 e. The molecule has 2 aromatic carbocycles. The van der Waals surface area contributed by atoms with Gasteiger partial charge in [-0.3, -0.25) is 14.4 Å². The number of hydrogen-bond acceptors (Lipinski definition) is 5. The van der Waals surface area contributed by atoms with E-state index in [2.05, 4.69) is 15.7 Å². The molecule has 154 valence electrons. The van der Waals surface area contributed by atoms with Crippen molar-refractivity contribution in [3.63, 3.8) is 0 Å². The van der Waals surface area contributed by atoms with Gasteiger partial charge in [0, 0.05) is 18.7 Å². The standard InChI is InChI=1S/C21H19ClN4O4/c1-14(27)23-15-7-8-18(17(22)13-15)24-21(29)19-9-10-20(28)26(25-19)11-12-30-16-5-3-2-4-6-16/h2-10,13H,11-12H2,1H3,(H,23,27)(H,24,29). The monoisotopic (exact) mass is 426 g/mol. The lowest BCUT2D eigenvalue weighted by Gasteiger charge is -2.11. The molecule has 0 atom stereocenters. The zero-order valence-corrected chi connectivity index (χ0v) is 16.8. The summed E-state index contributed by atoms with van der Waals surface area (Å²) in [7, 11) is 0. The van der Waals surface area contributed by atoms with Crippen molar-refractivity contribution in [2.45, 2.75) is 13.5 Å². The predicted molar refractivity (Wildman–Crippen MR) is 114 cm³/mol. The van der Waals surface area contributed by atoms with Crippen LogP contribution in [-0.4, -0.2) is 28.2 Å². The van der Waals surface area contributed by atoms with E-state index in [9.17, 15) is 14.4 Å². The Labute approximate surface area is 177 Å². The van der Waals surface area contributed by atoms with Crippen LogP contribution in [0.1, 0.15) is 17.4 Å². The Kier molecular flexibility index (Phi) is 6.82. The number of carbonyl (C=O) groups excluding carboxylic acids is 2. The molecule has 1 heterocycles. The van der Waals surface area contributed by atoms with Crippen LogP contribution < -0.4 is 20.9 Å². The third-order valence-electron chi connectivity index (χ3n) is 3.95. The Morgan fingerprint density at radius 2 is 1.83 bits per heavy atom. The van der Waals surface area contributed by atoms with Gasteiger partial charge in [0.15, 0.2) is 0 Å². The van der Waals surface area contributed by atoms with E-state index >= 15 is 0 Å². The van der Waals surface area contributed by atoms with Crippen molar-refractivity contribution in [1.29, 1.82) is 0 Å². The largest absolute Gasteiger partial charge is 0.492 e. The summed E-state index contributed by atoms with van der Waals surface area (Å²) < 4.78 is 6.73. The molecule has 9 heteroatoms. The first kappa shape index (κ1) is 21.1. The van der Waals surface area contributed by atoms with Gasteiger partial charge in [0.1, 0.15) is 18.1 Å². The highest BCUT2D eigenvalue weighted by Crippen LogP contribution is 2.25. The number of carbonyl (C=O) groups is 2. The van der Waals surface area contributed by atoms with Crippen LogP contribution in [0.3, 0.4) is 0 Å². The van der Waals surface area contributed by atoms with E-state index in [0.717, 1.165) is 0 Å². The fourth-order valence-electron chi connectivity index (χ4n) is 2.58. The summed E-state index contributed by atoms with van der Waals surface area (Å²) in [4.78, 5) is 35.7. The number of rotatable bonds is 7. The zero-order valence-electron chi connectivity index (χ0n) is 16.1. The third-order valence-corrected chi connectivity index (χ3v) is 4.26. The van der Waals surface area contributed by atoms with E-state index in [1.807, 2.05) is 18.2 Å². The normalized spacial score (nSPS) is 10.3. The molecule has 0 aliphatic rings. The van der Waals surface area contributed by atoms with Gasteiger partial charge < -0.3 is 15.4 Å². The summed E-state index contributed by atoms with van der Waals surface area (Å²) in [6.07, 6.45) is 0. The Bertz CT molecular complexity index is 1120. The molecular weight excluding hydrogens is 408 g/mol. The van der Waals surface area contributed by atoms with E-state index < -0.39 is 5.91 Å². The maximum Gasteiger partial charge on any atom is 0.276 e. The average Bonchev–Trinajstić information content (AvgIpc) is 2.71. The van der Waals surface area contributed by atoms with Crippen LogP contribution >= 0.6 is 11.6 Å². The van der Waals surface area contributed by atoms with Crippen LogP contribution in [-0.2, 0) is 11.3 Å². The van der Waals surface area contributed by atoms with Crippen molar-refractivity contribution in [3.8, 4) is 5.75 Å². The number of para-hydroxylation sites is 1. The smallest absolute Gasteiger partial charge is 0.276 e. The fourth-order valence-corrected chi connectivity index (χ4v) is 2.81. The van der Waals surface area contributed by atoms with Gasteiger partial charge in [-0.15, -0.1) is 0 Å². The fraction of sp³-hybridized carbons (Fsp3) is 0.143. The number of benzene rings is 2. The van der Waals surface area contributed by atoms with Crippen LogP contribution in [0.4, 0.5) is 11.4 Å². The quantitative estimate of drug-likeness (QED) is 0.604. The summed E-state index contributed by atoms with van der Waals surface area (Å²) in [5.74, 6) is -0.0794. The lowest BCUT2D eigenvalue weighted by atomic mass is 10.2. The van der Waals surface area contributed by atoms with Crippen LogP contribution in [0, 0.1) is 0 Å². The van der Waals surface area contributed by atoms with Gasteiger partial charge in [-0.25, -0.2) is 4.68 Å². The van der Waals surface area contributed by atoms with E-state index in [0.29, 0.717) is 17.1 Å².